The SMILES string of the molecule is Nc1[nH]ncc1N=Nc1ccccc1. The molecule has 70 valence electrons. The molecule has 0 bridgehead atoms. The monoisotopic (exact) mass is 187 g/mol. The van der Waals surface area contributed by atoms with Gasteiger partial charge in [0, 0.05) is 0 Å². The highest BCUT2D eigenvalue weighted by atomic mass is 15.2. The van der Waals surface area contributed by atoms with Crippen LogP contribution in [0.5, 0.6) is 0 Å². The molecule has 0 radical (unpaired) electrons. The van der Waals surface area contributed by atoms with Gasteiger partial charge in [-0.2, -0.15) is 10.2 Å². The molecule has 14 heavy (non-hydrogen) atoms. The van der Waals surface area contributed by atoms with Gasteiger partial charge in [-0.25, -0.2) is 0 Å². The molecule has 0 saturated carbocycles. The summed E-state index contributed by atoms with van der Waals surface area (Å²) in [5, 5.41) is 14.2. The van der Waals surface area contributed by atoms with E-state index in [0.717, 1.165) is 5.69 Å². The van der Waals surface area contributed by atoms with E-state index in [4.69, 9.17) is 5.73 Å². The van der Waals surface area contributed by atoms with Crippen molar-refractivity contribution in [1.29, 1.82) is 0 Å². The molecule has 0 aliphatic rings. The first-order valence-corrected chi connectivity index (χ1v) is 4.12. The van der Waals surface area contributed by atoms with Crippen LogP contribution in [0.4, 0.5) is 17.2 Å². The number of H-pyrrole nitrogens is 1. The maximum absolute atomic E-state index is 5.53. The summed E-state index contributed by atoms with van der Waals surface area (Å²) in [5.74, 6) is 0.421. The van der Waals surface area contributed by atoms with Gasteiger partial charge in [0.15, 0.2) is 0 Å². The third kappa shape index (κ3) is 1.77. The summed E-state index contributed by atoms with van der Waals surface area (Å²) < 4.78 is 0. The Morgan fingerprint density at radius 3 is 2.57 bits per heavy atom. The Balaban J connectivity index is 2.20. The summed E-state index contributed by atoms with van der Waals surface area (Å²) in [6.07, 6.45) is 1.53. The van der Waals surface area contributed by atoms with Gasteiger partial charge in [-0.05, 0) is 12.1 Å². The van der Waals surface area contributed by atoms with Crippen molar-refractivity contribution in [1.82, 2.24) is 10.2 Å². The number of benzene rings is 1. The molecule has 1 heterocycles. The number of aromatic amines is 1. The first kappa shape index (κ1) is 8.43. The molecule has 0 spiro atoms. The Morgan fingerprint density at radius 1 is 1.14 bits per heavy atom. The van der Waals surface area contributed by atoms with Crippen molar-refractivity contribution in [3.63, 3.8) is 0 Å². The van der Waals surface area contributed by atoms with Crippen LogP contribution < -0.4 is 5.73 Å². The van der Waals surface area contributed by atoms with Crippen LogP contribution in [0.15, 0.2) is 46.8 Å². The smallest absolute Gasteiger partial charge is 0.147 e. The average Bonchev–Trinajstić information content (AvgIpc) is 2.63. The highest BCUT2D eigenvalue weighted by Gasteiger charge is 1.97. The number of nitrogens with one attached hydrogen (secondary N) is 1. The van der Waals surface area contributed by atoms with Gasteiger partial charge in [-0.3, -0.25) is 5.10 Å². The molecule has 2 aromatic rings. The molecule has 5 heteroatoms. The summed E-state index contributed by atoms with van der Waals surface area (Å²) in [7, 11) is 0. The van der Waals surface area contributed by atoms with Crippen LogP contribution in [-0.4, -0.2) is 10.2 Å². The van der Waals surface area contributed by atoms with E-state index in [0.29, 0.717) is 11.5 Å². The standard InChI is InChI=1S/C9H9N5/c10-9-8(6-11-14-9)13-12-7-4-2-1-3-5-7/h1-6H,(H3,10,11,14). The molecule has 0 unspecified atom stereocenters. The number of nitrogen functional groups attached to an aromatic ring is 1. The zero-order valence-electron chi connectivity index (χ0n) is 7.38. The number of nitrogens with two attached hydrogens (primary N) is 1. The van der Waals surface area contributed by atoms with Crippen molar-refractivity contribution in [2.45, 2.75) is 0 Å². The molecule has 0 atom stereocenters. The topological polar surface area (TPSA) is 79.4 Å². The van der Waals surface area contributed by atoms with Crippen molar-refractivity contribution in [2.75, 3.05) is 5.73 Å². The third-order valence-electron chi connectivity index (χ3n) is 1.68. The largest absolute Gasteiger partial charge is 0.382 e. The number of nitrogens with zero attached hydrogens (tertiary/aromatic N) is 3. The van der Waals surface area contributed by atoms with Crippen LogP contribution in [0.2, 0.25) is 0 Å². The zero-order valence-corrected chi connectivity index (χ0v) is 7.38. The van der Waals surface area contributed by atoms with E-state index in [1.54, 1.807) is 0 Å². The lowest BCUT2D eigenvalue weighted by atomic mass is 10.3. The van der Waals surface area contributed by atoms with E-state index in [-0.39, 0.29) is 0 Å². The molecule has 0 fully saturated rings. The Labute approximate surface area is 80.7 Å². The summed E-state index contributed by atoms with van der Waals surface area (Å²) in [4.78, 5) is 0. The minimum absolute atomic E-state index is 0.421. The second kappa shape index (κ2) is 3.69. The highest BCUT2D eigenvalue weighted by molar-refractivity contribution is 5.55. The Kier molecular flexibility index (Phi) is 2.22. The van der Waals surface area contributed by atoms with E-state index < -0.39 is 0 Å². The molecule has 0 aliphatic heterocycles. The van der Waals surface area contributed by atoms with Crippen LogP contribution in [0.25, 0.3) is 0 Å². The van der Waals surface area contributed by atoms with Crippen molar-refractivity contribution < 1.29 is 0 Å². The quantitative estimate of drug-likeness (QED) is 0.708. The fourth-order valence-electron chi connectivity index (χ4n) is 0.976. The van der Waals surface area contributed by atoms with Crippen molar-refractivity contribution in [3.8, 4) is 0 Å². The normalized spacial score (nSPS) is 10.9. The zero-order chi connectivity index (χ0) is 9.80. The number of aromatic nitrogens is 2. The lowest BCUT2D eigenvalue weighted by Gasteiger charge is -1.89. The van der Waals surface area contributed by atoms with E-state index in [1.165, 1.54) is 6.20 Å². The summed E-state index contributed by atoms with van der Waals surface area (Å²) in [6.45, 7) is 0. The van der Waals surface area contributed by atoms with Gasteiger partial charge >= 0.3 is 0 Å². The fraction of sp³-hybridized carbons (Fsp3) is 0. The molecule has 3 N–H and O–H groups in total. The lowest BCUT2D eigenvalue weighted by Crippen LogP contribution is -1.82. The van der Waals surface area contributed by atoms with Gasteiger partial charge in [-0.1, -0.05) is 18.2 Å². The first-order valence-electron chi connectivity index (χ1n) is 4.12. The Hall–Kier alpha value is -2.17. The van der Waals surface area contributed by atoms with Gasteiger partial charge in [-0.15, -0.1) is 5.11 Å². The summed E-state index contributed by atoms with van der Waals surface area (Å²) in [5.41, 5.74) is 6.87. The Bertz CT molecular complexity index is 431. The number of hydrogen-bond acceptors (Lipinski definition) is 4. The molecule has 1 aromatic carbocycles. The lowest BCUT2D eigenvalue weighted by molar-refractivity contribution is 1.10. The van der Waals surface area contributed by atoms with Crippen LogP contribution in [0.1, 0.15) is 0 Å². The Morgan fingerprint density at radius 2 is 1.93 bits per heavy atom. The molecule has 5 nitrogen and oxygen atoms in total. The summed E-state index contributed by atoms with van der Waals surface area (Å²) in [6, 6.07) is 9.44. The van der Waals surface area contributed by atoms with Crippen LogP contribution >= 0.6 is 0 Å². The van der Waals surface area contributed by atoms with Gasteiger partial charge in [0.05, 0.1) is 11.9 Å². The van der Waals surface area contributed by atoms with Gasteiger partial charge < -0.3 is 5.73 Å². The number of azo groups is 1. The number of rotatable bonds is 2. The average molecular weight is 187 g/mol. The number of anilines is 1. The van der Waals surface area contributed by atoms with Crippen molar-refractivity contribution >= 4 is 17.2 Å². The minimum atomic E-state index is 0.421. The van der Waals surface area contributed by atoms with Crippen LogP contribution in [-0.2, 0) is 0 Å². The maximum Gasteiger partial charge on any atom is 0.147 e. The van der Waals surface area contributed by atoms with Crippen molar-refractivity contribution in [3.05, 3.63) is 36.5 Å². The molecular formula is C9H9N5. The van der Waals surface area contributed by atoms with E-state index >= 15 is 0 Å². The van der Waals surface area contributed by atoms with Crippen LogP contribution in [0.3, 0.4) is 0 Å². The van der Waals surface area contributed by atoms with Crippen LogP contribution in [0, 0.1) is 0 Å². The molecule has 0 saturated heterocycles. The van der Waals surface area contributed by atoms with Gasteiger partial charge in [0.2, 0.25) is 0 Å². The third-order valence-corrected chi connectivity index (χ3v) is 1.68. The van der Waals surface area contributed by atoms with Crippen molar-refractivity contribution in [2.24, 2.45) is 10.2 Å². The molecule has 2 rings (SSSR count). The van der Waals surface area contributed by atoms with Gasteiger partial charge in [0.25, 0.3) is 0 Å². The molecule has 0 aliphatic carbocycles. The molecule has 0 amide bonds. The van der Waals surface area contributed by atoms with E-state index in [2.05, 4.69) is 20.4 Å². The van der Waals surface area contributed by atoms with Gasteiger partial charge in [0.1, 0.15) is 11.5 Å². The highest BCUT2D eigenvalue weighted by Crippen LogP contribution is 2.20. The van der Waals surface area contributed by atoms with E-state index in [9.17, 15) is 0 Å². The second-order valence-electron chi connectivity index (χ2n) is 2.70. The van der Waals surface area contributed by atoms with E-state index in [1.807, 2.05) is 30.3 Å². The minimum Gasteiger partial charge on any atom is -0.382 e. The predicted molar refractivity (Wildman–Crippen MR) is 53.6 cm³/mol. The molecular weight excluding hydrogens is 178 g/mol. The number of hydrogen-bond donors (Lipinski definition) is 2. The maximum atomic E-state index is 5.53. The first-order chi connectivity index (χ1) is 6.86. The molecule has 1 aromatic heterocycles. The predicted octanol–water partition coefficient (Wildman–Crippen LogP) is 2.41. The summed E-state index contributed by atoms with van der Waals surface area (Å²) >= 11 is 0. The fourth-order valence-corrected chi connectivity index (χ4v) is 0.976. The second-order valence-corrected chi connectivity index (χ2v) is 2.70.